The van der Waals surface area contributed by atoms with E-state index in [4.69, 9.17) is 4.74 Å². The van der Waals surface area contributed by atoms with Gasteiger partial charge in [0, 0.05) is 24.3 Å². The zero-order chi connectivity index (χ0) is 24.8. The predicted molar refractivity (Wildman–Crippen MR) is 149 cm³/mol. The Hall–Kier alpha value is -2.16. The van der Waals surface area contributed by atoms with E-state index in [9.17, 15) is 0 Å². The summed E-state index contributed by atoms with van der Waals surface area (Å²) in [5, 5.41) is 0. The van der Waals surface area contributed by atoms with Crippen molar-refractivity contribution < 1.29 is 4.74 Å². The molecule has 0 unspecified atom stereocenters. The first-order valence-electron chi connectivity index (χ1n) is 13.6. The highest BCUT2D eigenvalue weighted by Gasteiger charge is 2.21. The van der Waals surface area contributed by atoms with Crippen LogP contribution in [0.2, 0.25) is 0 Å². The molecule has 0 saturated carbocycles. The van der Waals surface area contributed by atoms with Gasteiger partial charge in [0.25, 0.3) is 0 Å². The lowest BCUT2D eigenvalue weighted by Crippen LogP contribution is -2.37. The second kappa shape index (κ2) is 12.0. The first-order valence-corrected chi connectivity index (χ1v) is 13.6. The summed E-state index contributed by atoms with van der Waals surface area (Å²) in [5.74, 6) is 2.48. The second-order valence-corrected chi connectivity index (χ2v) is 11.5. The maximum Gasteiger partial charge on any atom is 0.142 e. The van der Waals surface area contributed by atoms with E-state index < -0.39 is 0 Å². The van der Waals surface area contributed by atoms with Crippen molar-refractivity contribution in [1.82, 2.24) is 0 Å². The Bertz CT molecular complexity index is 840. The topological polar surface area (TPSA) is 15.7 Å². The molecule has 2 heterocycles. The number of hydrogen-bond donors (Lipinski definition) is 0. The van der Waals surface area contributed by atoms with Crippen LogP contribution >= 0.6 is 0 Å². The van der Waals surface area contributed by atoms with Crippen LogP contribution in [0.3, 0.4) is 0 Å². The van der Waals surface area contributed by atoms with Crippen LogP contribution in [0.25, 0.3) is 0 Å². The molecular weight excluding hydrogens is 416 g/mol. The molecule has 2 aromatic carbocycles. The molecule has 0 saturated heterocycles. The van der Waals surface area contributed by atoms with Crippen LogP contribution in [-0.4, -0.2) is 31.8 Å². The summed E-state index contributed by atoms with van der Waals surface area (Å²) in [4.78, 5) is 4.99. The summed E-state index contributed by atoms with van der Waals surface area (Å²) in [6.45, 7) is 21.2. The zero-order valence-corrected chi connectivity index (χ0v) is 23.0. The highest BCUT2D eigenvalue weighted by Crippen LogP contribution is 2.34. The lowest BCUT2D eigenvalue weighted by Gasteiger charge is -2.35. The normalized spacial score (nSPS) is 15.3. The summed E-state index contributed by atoms with van der Waals surface area (Å²) in [6, 6.07) is 14.9. The van der Waals surface area contributed by atoms with Crippen LogP contribution in [0.1, 0.15) is 78.5 Å². The third-order valence-electron chi connectivity index (χ3n) is 6.76. The fourth-order valence-corrected chi connectivity index (χ4v) is 5.20. The van der Waals surface area contributed by atoms with Crippen LogP contribution in [0, 0.1) is 11.8 Å². The molecule has 0 fully saturated rings. The molecule has 0 spiro atoms. The van der Waals surface area contributed by atoms with Gasteiger partial charge in [-0.15, -0.1) is 0 Å². The highest BCUT2D eigenvalue weighted by atomic mass is 16.5. The maximum absolute atomic E-state index is 5.72. The summed E-state index contributed by atoms with van der Waals surface area (Å²) in [7, 11) is 0. The van der Waals surface area contributed by atoms with Crippen molar-refractivity contribution in [2.24, 2.45) is 11.8 Å². The van der Waals surface area contributed by atoms with Crippen LogP contribution in [0.4, 0.5) is 11.4 Å². The zero-order valence-electron chi connectivity index (χ0n) is 23.0. The average molecular weight is 465 g/mol. The molecule has 0 amide bonds. The fourth-order valence-electron chi connectivity index (χ4n) is 5.20. The van der Waals surface area contributed by atoms with E-state index in [0.29, 0.717) is 18.0 Å². The van der Waals surface area contributed by atoms with E-state index in [1.165, 1.54) is 53.9 Å². The van der Waals surface area contributed by atoms with Crippen molar-refractivity contribution in [3.05, 3.63) is 53.1 Å². The Morgan fingerprint density at radius 3 is 1.85 bits per heavy atom. The van der Waals surface area contributed by atoms with Gasteiger partial charge in [0.1, 0.15) is 12.4 Å². The summed E-state index contributed by atoms with van der Waals surface area (Å²) in [6.07, 6.45) is 4.88. The first-order chi connectivity index (χ1) is 16.2. The monoisotopic (exact) mass is 464 g/mol. The first kappa shape index (κ1) is 26.4. The van der Waals surface area contributed by atoms with Gasteiger partial charge in [-0.3, -0.25) is 0 Å². The number of hydrogen-bond acceptors (Lipinski definition) is 3. The molecule has 2 aliphatic heterocycles. The SMILES string of the molecule is CC(C)Cc1ccc2c(c1)N(C(C)C)CCC2.CC(C)Cc1ccc2c(c1)N(C(C)C)CCO2. The third kappa shape index (κ3) is 6.93. The van der Waals surface area contributed by atoms with Crippen molar-refractivity contribution in [2.75, 3.05) is 29.5 Å². The largest absolute Gasteiger partial charge is 0.490 e. The summed E-state index contributed by atoms with van der Waals surface area (Å²) >= 11 is 0. The molecule has 3 nitrogen and oxygen atoms in total. The molecular formula is C31H48N2O. The second-order valence-electron chi connectivity index (χ2n) is 11.5. The fraction of sp³-hybridized carbons (Fsp3) is 0.613. The minimum Gasteiger partial charge on any atom is -0.490 e. The lowest BCUT2D eigenvalue weighted by molar-refractivity contribution is 0.302. The van der Waals surface area contributed by atoms with Gasteiger partial charge in [0.15, 0.2) is 0 Å². The van der Waals surface area contributed by atoms with Gasteiger partial charge in [0.05, 0.1) is 12.2 Å². The highest BCUT2D eigenvalue weighted by molar-refractivity contribution is 5.62. The van der Waals surface area contributed by atoms with Crippen molar-refractivity contribution in [1.29, 1.82) is 0 Å². The molecule has 2 aliphatic rings. The molecule has 188 valence electrons. The molecule has 0 aliphatic carbocycles. The average Bonchev–Trinajstić information content (AvgIpc) is 2.77. The molecule has 3 heteroatoms. The van der Waals surface area contributed by atoms with Crippen molar-refractivity contribution in [3.63, 3.8) is 0 Å². The van der Waals surface area contributed by atoms with Crippen molar-refractivity contribution >= 4 is 11.4 Å². The molecule has 0 atom stereocenters. The number of fused-ring (bicyclic) bond motifs is 2. The lowest BCUT2D eigenvalue weighted by atomic mass is 9.95. The third-order valence-corrected chi connectivity index (χ3v) is 6.76. The van der Waals surface area contributed by atoms with Gasteiger partial charge in [-0.1, -0.05) is 45.9 Å². The van der Waals surface area contributed by atoms with E-state index in [-0.39, 0.29) is 0 Å². The van der Waals surface area contributed by atoms with Gasteiger partial charge in [-0.25, -0.2) is 0 Å². The molecule has 2 aromatic rings. The van der Waals surface area contributed by atoms with Gasteiger partial charge >= 0.3 is 0 Å². The molecule has 4 rings (SSSR count). The van der Waals surface area contributed by atoms with Crippen molar-refractivity contribution in [2.45, 2.75) is 93.2 Å². The number of nitrogens with zero attached hydrogens (tertiary/aromatic N) is 2. The number of rotatable bonds is 6. The van der Waals surface area contributed by atoms with Crippen LogP contribution < -0.4 is 14.5 Å². The maximum atomic E-state index is 5.72. The minimum atomic E-state index is 0.534. The number of anilines is 2. The Balaban J connectivity index is 0.000000191. The van der Waals surface area contributed by atoms with Gasteiger partial charge < -0.3 is 14.5 Å². The van der Waals surface area contributed by atoms with Crippen LogP contribution in [-0.2, 0) is 19.3 Å². The molecule has 34 heavy (non-hydrogen) atoms. The Morgan fingerprint density at radius 1 is 0.706 bits per heavy atom. The van der Waals surface area contributed by atoms with Crippen LogP contribution in [0.15, 0.2) is 36.4 Å². The van der Waals surface area contributed by atoms with E-state index in [2.05, 4.69) is 102 Å². The Kier molecular flexibility index (Phi) is 9.33. The minimum absolute atomic E-state index is 0.534. The van der Waals surface area contributed by atoms with Gasteiger partial charge in [0.2, 0.25) is 0 Å². The van der Waals surface area contributed by atoms with Gasteiger partial charge in [-0.2, -0.15) is 0 Å². The molecule has 0 bridgehead atoms. The van der Waals surface area contributed by atoms with Crippen molar-refractivity contribution in [3.8, 4) is 5.75 Å². The molecule has 0 radical (unpaired) electrons. The number of benzene rings is 2. The Morgan fingerprint density at radius 2 is 1.26 bits per heavy atom. The smallest absolute Gasteiger partial charge is 0.142 e. The standard InChI is InChI=1S/C16H25N.C15H23NO/c1-12(2)10-14-7-8-15-6-5-9-17(13(3)4)16(15)11-14;1-11(2)9-13-5-6-15-14(10-13)16(12(3)4)7-8-17-15/h7-8,11-13H,5-6,9-10H2,1-4H3;5-6,10-12H,7-9H2,1-4H3. The predicted octanol–water partition coefficient (Wildman–Crippen LogP) is 7.54. The van der Waals surface area contributed by atoms with E-state index >= 15 is 0 Å². The quantitative estimate of drug-likeness (QED) is 0.439. The van der Waals surface area contributed by atoms with E-state index in [1.54, 1.807) is 0 Å². The molecule has 0 N–H and O–H groups in total. The summed E-state index contributed by atoms with van der Waals surface area (Å²) < 4.78 is 5.72. The van der Waals surface area contributed by atoms with E-state index in [1.807, 2.05) is 0 Å². The van der Waals surface area contributed by atoms with E-state index in [0.717, 1.165) is 31.2 Å². The summed E-state index contributed by atoms with van der Waals surface area (Å²) in [5.41, 5.74) is 7.20. The number of ether oxygens (including phenoxy) is 1. The number of aryl methyl sites for hydroxylation is 1. The van der Waals surface area contributed by atoms with Gasteiger partial charge in [-0.05, 0) is 100 Å². The van der Waals surface area contributed by atoms with Crippen LogP contribution in [0.5, 0.6) is 5.75 Å². The molecule has 0 aromatic heterocycles. The Labute approximate surface area is 209 Å².